The molecule has 0 unspecified atom stereocenters. The van der Waals surface area contributed by atoms with E-state index in [1.165, 1.54) is 32.1 Å². The zero-order valence-corrected chi connectivity index (χ0v) is 15.9. The van der Waals surface area contributed by atoms with Crippen LogP contribution in [0.2, 0.25) is 0 Å². The highest BCUT2D eigenvalue weighted by molar-refractivity contribution is 5.94. The summed E-state index contributed by atoms with van der Waals surface area (Å²) in [7, 11) is 0. The third-order valence-electron chi connectivity index (χ3n) is 4.62. The van der Waals surface area contributed by atoms with E-state index in [4.69, 9.17) is 4.74 Å². The first-order chi connectivity index (χ1) is 12.5. The van der Waals surface area contributed by atoms with Crippen molar-refractivity contribution < 1.29 is 14.3 Å². The Morgan fingerprint density at radius 2 is 2.00 bits per heavy atom. The summed E-state index contributed by atoms with van der Waals surface area (Å²) in [5.41, 5.74) is 0. The molecule has 0 spiro atoms. The number of nitrogens with one attached hydrogen (secondary N) is 2. The quantitative estimate of drug-likeness (QED) is 0.705. The molecule has 1 fully saturated rings. The summed E-state index contributed by atoms with van der Waals surface area (Å²) >= 11 is 0. The van der Waals surface area contributed by atoms with Crippen LogP contribution in [0, 0.1) is 11.8 Å². The highest BCUT2D eigenvalue weighted by Crippen LogP contribution is 2.26. The number of carbonyl (C=O) groups excluding carboxylic acids is 2. The van der Waals surface area contributed by atoms with Gasteiger partial charge in [-0.05, 0) is 43.2 Å². The number of nitrogens with zero attached hydrogens (tertiary/aromatic N) is 1. The molecule has 6 nitrogen and oxygen atoms in total. The molecule has 0 saturated heterocycles. The molecule has 1 saturated carbocycles. The third kappa shape index (κ3) is 7.42. The van der Waals surface area contributed by atoms with Crippen molar-refractivity contribution in [1.29, 1.82) is 0 Å². The van der Waals surface area contributed by atoms with Crippen molar-refractivity contribution in [2.24, 2.45) is 11.8 Å². The van der Waals surface area contributed by atoms with E-state index in [-0.39, 0.29) is 18.4 Å². The molecule has 1 aliphatic carbocycles. The van der Waals surface area contributed by atoms with Crippen molar-refractivity contribution in [3.05, 3.63) is 18.3 Å². The first-order valence-corrected chi connectivity index (χ1v) is 9.69. The largest absolute Gasteiger partial charge is 0.489 e. The minimum absolute atomic E-state index is 0.0600. The fraction of sp³-hybridized carbons (Fsp3) is 0.650. The van der Waals surface area contributed by atoms with Gasteiger partial charge in [0, 0.05) is 12.6 Å². The monoisotopic (exact) mass is 361 g/mol. The maximum absolute atomic E-state index is 12.1. The van der Waals surface area contributed by atoms with Gasteiger partial charge in [-0.1, -0.05) is 33.1 Å². The zero-order chi connectivity index (χ0) is 18.8. The van der Waals surface area contributed by atoms with Gasteiger partial charge in [-0.3, -0.25) is 9.59 Å². The molecule has 0 aliphatic heterocycles. The molecule has 26 heavy (non-hydrogen) atoms. The van der Waals surface area contributed by atoms with E-state index in [2.05, 4.69) is 29.5 Å². The minimum atomic E-state index is -0.302. The van der Waals surface area contributed by atoms with E-state index in [1.807, 2.05) is 6.07 Å². The summed E-state index contributed by atoms with van der Waals surface area (Å²) in [6.07, 6.45) is 9.10. The summed E-state index contributed by atoms with van der Waals surface area (Å²) in [6.45, 7) is 4.72. The molecular weight excluding hydrogens is 330 g/mol. The summed E-state index contributed by atoms with van der Waals surface area (Å²) in [5, 5.41) is 5.37. The molecule has 1 aromatic heterocycles. The summed E-state index contributed by atoms with van der Waals surface area (Å²) in [4.78, 5) is 28.0. The molecule has 2 rings (SSSR count). The number of rotatable bonds is 9. The van der Waals surface area contributed by atoms with Crippen molar-refractivity contribution in [2.75, 3.05) is 18.5 Å². The Balaban J connectivity index is 1.78. The summed E-state index contributed by atoms with van der Waals surface area (Å²) in [5.74, 6) is 1.62. The van der Waals surface area contributed by atoms with Gasteiger partial charge in [-0.15, -0.1) is 0 Å². The molecule has 1 aromatic rings. The van der Waals surface area contributed by atoms with E-state index in [0.717, 1.165) is 6.42 Å². The van der Waals surface area contributed by atoms with Crippen molar-refractivity contribution >= 4 is 17.6 Å². The minimum Gasteiger partial charge on any atom is -0.489 e. The predicted molar refractivity (Wildman–Crippen MR) is 102 cm³/mol. The maximum atomic E-state index is 12.1. The van der Waals surface area contributed by atoms with Crippen molar-refractivity contribution in [3.63, 3.8) is 0 Å². The van der Waals surface area contributed by atoms with Gasteiger partial charge in [0.1, 0.15) is 0 Å². The SMILES string of the molecule is CC(C)CCC(=O)NCC(=O)Nc1ncccc1OCC1CCCCC1. The van der Waals surface area contributed by atoms with E-state index in [0.29, 0.717) is 36.4 Å². The molecule has 6 heteroatoms. The van der Waals surface area contributed by atoms with Gasteiger partial charge in [0.25, 0.3) is 0 Å². The van der Waals surface area contributed by atoms with Crippen LogP contribution in [0.5, 0.6) is 5.75 Å². The van der Waals surface area contributed by atoms with E-state index in [1.54, 1.807) is 12.3 Å². The maximum Gasteiger partial charge on any atom is 0.245 e. The lowest BCUT2D eigenvalue weighted by atomic mass is 9.90. The smallest absolute Gasteiger partial charge is 0.245 e. The second-order valence-electron chi connectivity index (χ2n) is 7.42. The lowest BCUT2D eigenvalue weighted by Gasteiger charge is -2.22. The van der Waals surface area contributed by atoms with Crippen LogP contribution in [0.3, 0.4) is 0 Å². The number of pyridine rings is 1. The molecule has 2 amide bonds. The van der Waals surface area contributed by atoms with Gasteiger partial charge in [0.05, 0.1) is 13.2 Å². The van der Waals surface area contributed by atoms with Gasteiger partial charge in [-0.25, -0.2) is 4.98 Å². The van der Waals surface area contributed by atoms with Crippen LogP contribution >= 0.6 is 0 Å². The van der Waals surface area contributed by atoms with Gasteiger partial charge in [0.2, 0.25) is 11.8 Å². The third-order valence-corrected chi connectivity index (χ3v) is 4.62. The molecule has 0 radical (unpaired) electrons. The standard InChI is InChI=1S/C20H31N3O3/c1-15(2)10-11-18(24)22-13-19(25)23-20-17(9-6-12-21-20)26-14-16-7-4-3-5-8-16/h6,9,12,15-16H,3-5,7-8,10-11,13-14H2,1-2H3,(H,22,24)(H,21,23,25). The van der Waals surface area contributed by atoms with Gasteiger partial charge >= 0.3 is 0 Å². The van der Waals surface area contributed by atoms with E-state index >= 15 is 0 Å². The summed E-state index contributed by atoms with van der Waals surface area (Å²) in [6, 6.07) is 3.60. The first-order valence-electron chi connectivity index (χ1n) is 9.69. The fourth-order valence-electron chi connectivity index (χ4n) is 3.03. The van der Waals surface area contributed by atoms with Gasteiger partial charge in [-0.2, -0.15) is 0 Å². The predicted octanol–water partition coefficient (Wildman–Crippen LogP) is 3.53. The molecule has 2 N–H and O–H groups in total. The Kier molecular flexibility index (Phi) is 8.38. The second kappa shape index (κ2) is 10.8. The average molecular weight is 361 g/mol. The lowest BCUT2D eigenvalue weighted by Crippen LogP contribution is -2.33. The highest BCUT2D eigenvalue weighted by Gasteiger charge is 2.16. The van der Waals surface area contributed by atoms with Crippen molar-refractivity contribution in [1.82, 2.24) is 10.3 Å². The van der Waals surface area contributed by atoms with E-state index in [9.17, 15) is 9.59 Å². The molecule has 0 aromatic carbocycles. The number of anilines is 1. The zero-order valence-electron chi connectivity index (χ0n) is 15.9. The number of hydrogen-bond donors (Lipinski definition) is 2. The van der Waals surface area contributed by atoms with E-state index < -0.39 is 0 Å². The van der Waals surface area contributed by atoms with Crippen LogP contribution in [0.25, 0.3) is 0 Å². The van der Waals surface area contributed by atoms with Crippen LogP contribution in [0.1, 0.15) is 58.8 Å². The molecule has 1 aliphatic rings. The normalized spacial score (nSPS) is 14.9. The van der Waals surface area contributed by atoms with Gasteiger partial charge < -0.3 is 15.4 Å². The molecule has 0 bridgehead atoms. The topological polar surface area (TPSA) is 80.3 Å². The molecule has 1 heterocycles. The Labute approximate surface area is 156 Å². The molecule has 144 valence electrons. The van der Waals surface area contributed by atoms with Crippen LogP contribution in [-0.2, 0) is 9.59 Å². The summed E-state index contributed by atoms with van der Waals surface area (Å²) < 4.78 is 5.90. The fourth-order valence-corrected chi connectivity index (χ4v) is 3.03. The number of hydrogen-bond acceptors (Lipinski definition) is 4. The number of amides is 2. The Bertz CT molecular complexity index is 583. The highest BCUT2D eigenvalue weighted by atomic mass is 16.5. The number of carbonyl (C=O) groups is 2. The Morgan fingerprint density at radius 1 is 1.23 bits per heavy atom. The van der Waals surface area contributed by atoms with Crippen molar-refractivity contribution in [3.8, 4) is 5.75 Å². The van der Waals surface area contributed by atoms with Gasteiger partial charge in [0.15, 0.2) is 11.6 Å². The second-order valence-corrected chi connectivity index (χ2v) is 7.42. The van der Waals surface area contributed by atoms with Crippen LogP contribution < -0.4 is 15.4 Å². The van der Waals surface area contributed by atoms with Crippen LogP contribution in [-0.4, -0.2) is 29.9 Å². The lowest BCUT2D eigenvalue weighted by molar-refractivity contribution is -0.124. The van der Waals surface area contributed by atoms with Crippen LogP contribution in [0.15, 0.2) is 18.3 Å². The Hall–Kier alpha value is -2.11. The van der Waals surface area contributed by atoms with Crippen molar-refractivity contribution in [2.45, 2.75) is 58.8 Å². The Morgan fingerprint density at radius 3 is 2.73 bits per heavy atom. The average Bonchev–Trinajstić information content (AvgIpc) is 2.65. The van der Waals surface area contributed by atoms with Crippen LogP contribution in [0.4, 0.5) is 5.82 Å². The molecular formula is C20H31N3O3. The molecule has 0 atom stereocenters. The number of aromatic nitrogens is 1. The number of ether oxygens (including phenoxy) is 1. The first kappa shape index (κ1) is 20.2.